The van der Waals surface area contributed by atoms with E-state index in [0.717, 1.165) is 18.4 Å². The third-order valence-electron chi connectivity index (χ3n) is 1.90. The number of hydrogen-bond acceptors (Lipinski definition) is 2. The van der Waals surface area contributed by atoms with Crippen molar-refractivity contribution in [2.45, 2.75) is 25.8 Å². The average molecular weight is 165 g/mol. The van der Waals surface area contributed by atoms with Crippen LogP contribution >= 0.6 is 0 Å². The van der Waals surface area contributed by atoms with Gasteiger partial charge in [-0.2, -0.15) is 0 Å². The maximum absolute atomic E-state index is 9.17. The SMILES string of the molecule is CCC[C@@H](N)c1cccc(O)c1. The van der Waals surface area contributed by atoms with Crippen molar-refractivity contribution in [1.29, 1.82) is 0 Å². The average Bonchev–Trinajstić information content (AvgIpc) is 2.05. The molecule has 0 aliphatic rings. The van der Waals surface area contributed by atoms with Crippen LogP contribution in [0.25, 0.3) is 0 Å². The van der Waals surface area contributed by atoms with Gasteiger partial charge in [0.15, 0.2) is 0 Å². The third kappa shape index (κ3) is 2.24. The van der Waals surface area contributed by atoms with Crippen LogP contribution in [-0.2, 0) is 0 Å². The van der Waals surface area contributed by atoms with E-state index in [1.165, 1.54) is 0 Å². The highest BCUT2D eigenvalue weighted by atomic mass is 16.3. The molecule has 0 aliphatic carbocycles. The lowest BCUT2D eigenvalue weighted by Gasteiger charge is -2.10. The van der Waals surface area contributed by atoms with E-state index in [0.29, 0.717) is 5.75 Å². The number of phenols is 1. The Morgan fingerprint density at radius 1 is 1.50 bits per heavy atom. The number of aromatic hydroxyl groups is 1. The zero-order valence-corrected chi connectivity index (χ0v) is 7.33. The summed E-state index contributed by atoms with van der Waals surface area (Å²) in [5.74, 6) is 0.291. The number of benzene rings is 1. The van der Waals surface area contributed by atoms with Crippen LogP contribution in [0.2, 0.25) is 0 Å². The predicted molar refractivity (Wildman–Crippen MR) is 49.9 cm³/mol. The van der Waals surface area contributed by atoms with Crippen LogP contribution in [0.1, 0.15) is 31.4 Å². The standard InChI is InChI=1S/C10H15NO/c1-2-4-10(11)8-5-3-6-9(12)7-8/h3,5-7,10,12H,2,4,11H2,1H3/t10-/m1/s1. The van der Waals surface area contributed by atoms with E-state index in [2.05, 4.69) is 6.92 Å². The van der Waals surface area contributed by atoms with Gasteiger partial charge in [0.25, 0.3) is 0 Å². The zero-order valence-electron chi connectivity index (χ0n) is 7.33. The first kappa shape index (κ1) is 9.07. The molecule has 0 heterocycles. The van der Waals surface area contributed by atoms with Crippen LogP contribution in [0.3, 0.4) is 0 Å². The Bertz CT molecular complexity index is 247. The van der Waals surface area contributed by atoms with Crippen molar-refractivity contribution >= 4 is 0 Å². The highest BCUT2D eigenvalue weighted by Gasteiger charge is 2.03. The van der Waals surface area contributed by atoms with Crippen molar-refractivity contribution in [3.05, 3.63) is 29.8 Å². The highest BCUT2D eigenvalue weighted by Crippen LogP contribution is 2.19. The minimum atomic E-state index is 0.0575. The molecule has 2 heteroatoms. The van der Waals surface area contributed by atoms with Crippen molar-refractivity contribution in [2.24, 2.45) is 5.73 Å². The lowest BCUT2D eigenvalue weighted by Crippen LogP contribution is -2.09. The van der Waals surface area contributed by atoms with E-state index in [4.69, 9.17) is 5.73 Å². The molecule has 12 heavy (non-hydrogen) atoms. The summed E-state index contributed by atoms with van der Waals surface area (Å²) >= 11 is 0. The molecule has 0 saturated carbocycles. The summed E-state index contributed by atoms with van der Waals surface area (Å²) in [5.41, 5.74) is 6.87. The molecule has 66 valence electrons. The Morgan fingerprint density at radius 2 is 2.25 bits per heavy atom. The Hall–Kier alpha value is -1.02. The summed E-state index contributed by atoms with van der Waals surface area (Å²) in [6.45, 7) is 2.10. The molecule has 1 atom stereocenters. The fourth-order valence-electron chi connectivity index (χ4n) is 1.23. The van der Waals surface area contributed by atoms with Gasteiger partial charge in [-0.05, 0) is 24.1 Å². The van der Waals surface area contributed by atoms with Crippen molar-refractivity contribution in [1.82, 2.24) is 0 Å². The molecule has 0 amide bonds. The lowest BCUT2D eigenvalue weighted by molar-refractivity contribution is 0.473. The third-order valence-corrected chi connectivity index (χ3v) is 1.90. The van der Waals surface area contributed by atoms with Gasteiger partial charge in [0.2, 0.25) is 0 Å². The maximum atomic E-state index is 9.17. The molecule has 0 aromatic heterocycles. The van der Waals surface area contributed by atoms with E-state index in [1.807, 2.05) is 12.1 Å². The molecule has 1 aromatic rings. The van der Waals surface area contributed by atoms with E-state index >= 15 is 0 Å². The molecule has 0 radical (unpaired) electrons. The maximum Gasteiger partial charge on any atom is 0.115 e. The molecule has 3 N–H and O–H groups in total. The van der Waals surface area contributed by atoms with E-state index in [-0.39, 0.29) is 6.04 Å². The Labute approximate surface area is 73.0 Å². The molecule has 0 fully saturated rings. The molecule has 2 nitrogen and oxygen atoms in total. The Kier molecular flexibility index (Phi) is 3.11. The van der Waals surface area contributed by atoms with Crippen molar-refractivity contribution in [3.63, 3.8) is 0 Å². The summed E-state index contributed by atoms with van der Waals surface area (Å²) in [6, 6.07) is 7.20. The fourth-order valence-corrected chi connectivity index (χ4v) is 1.23. The van der Waals surface area contributed by atoms with Crippen molar-refractivity contribution < 1.29 is 5.11 Å². The van der Waals surface area contributed by atoms with Gasteiger partial charge in [-0.1, -0.05) is 25.5 Å². The summed E-state index contributed by atoms with van der Waals surface area (Å²) in [5, 5.41) is 9.17. The molecule has 0 spiro atoms. The molecule has 0 saturated heterocycles. The second kappa shape index (κ2) is 4.12. The van der Waals surface area contributed by atoms with Gasteiger partial charge in [0, 0.05) is 6.04 Å². The monoisotopic (exact) mass is 165 g/mol. The highest BCUT2D eigenvalue weighted by molar-refractivity contribution is 5.29. The van der Waals surface area contributed by atoms with E-state index < -0.39 is 0 Å². The molecular formula is C10H15NO. The van der Waals surface area contributed by atoms with Gasteiger partial charge in [-0.25, -0.2) is 0 Å². The molecule has 1 rings (SSSR count). The lowest BCUT2D eigenvalue weighted by atomic mass is 10.0. The van der Waals surface area contributed by atoms with Crippen LogP contribution in [0.5, 0.6) is 5.75 Å². The van der Waals surface area contributed by atoms with Crippen LogP contribution in [0.4, 0.5) is 0 Å². The molecule has 0 unspecified atom stereocenters. The first-order chi connectivity index (χ1) is 5.74. The number of nitrogens with two attached hydrogens (primary N) is 1. The molecule has 1 aromatic carbocycles. The minimum absolute atomic E-state index is 0.0575. The molecule has 0 aliphatic heterocycles. The van der Waals surface area contributed by atoms with Gasteiger partial charge in [-0.15, -0.1) is 0 Å². The van der Waals surface area contributed by atoms with Gasteiger partial charge >= 0.3 is 0 Å². The summed E-state index contributed by atoms with van der Waals surface area (Å²) in [4.78, 5) is 0. The topological polar surface area (TPSA) is 46.2 Å². The number of rotatable bonds is 3. The molecule has 0 bridgehead atoms. The van der Waals surface area contributed by atoms with Crippen LogP contribution < -0.4 is 5.73 Å². The van der Waals surface area contributed by atoms with Gasteiger partial charge in [-0.3, -0.25) is 0 Å². The fraction of sp³-hybridized carbons (Fsp3) is 0.400. The van der Waals surface area contributed by atoms with Crippen LogP contribution in [-0.4, -0.2) is 5.11 Å². The number of phenolic OH excluding ortho intramolecular Hbond substituents is 1. The first-order valence-electron chi connectivity index (χ1n) is 4.28. The van der Waals surface area contributed by atoms with Crippen LogP contribution in [0.15, 0.2) is 24.3 Å². The Morgan fingerprint density at radius 3 is 2.83 bits per heavy atom. The van der Waals surface area contributed by atoms with Gasteiger partial charge in [0.05, 0.1) is 0 Å². The second-order valence-electron chi connectivity index (χ2n) is 2.99. The summed E-state index contributed by atoms with van der Waals surface area (Å²) in [7, 11) is 0. The first-order valence-corrected chi connectivity index (χ1v) is 4.28. The van der Waals surface area contributed by atoms with E-state index in [9.17, 15) is 5.11 Å². The molecular weight excluding hydrogens is 150 g/mol. The summed E-state index contributed by atoms with van der Waals surface area (Å²) in [6.07, 6.45) is 2.03. The Balaban J connectivity index is 2.73. The number of hydrogen-bond donors (Lipinski definition) is 2. The normalized spacial score (nSPS) is 12.8. The van der Waals surface area contributed by atoms with Crippen molar-refractivity contribution in [3.8, 4) is 5.75 Å². The quantitative estimate of drug-likeness (QED) is 0.721. The van der Waals surface area contributed by atoms with E-state index in [1.54, 1.807) is 12.1 Å². The minimum Gasteiger partial charge on any atom is -0.508 e. The predicted octanol–water partition coefficient (Wildman–Crippen LogP) is 2.19. The summed E-state index contributed by atoms with van der Waals surface area (Å²) < 4.78 is 0. The van der Waals surface area contributed by atoms with Gasteiger partial charge in [0.1, 0.15) is 5.75 Å². The van der Waals surface area contributed by atoms with Crippen LogP contribution in [0, 0.1) is 0 Å². The largest absolute Gasteiger partial charge is 0.508 e. The zero-order chi connectivity index (χ0) is 8.97. The second-order valence-corrected chi connectivity index (χ2v) is 2.99. The van der Waals surface area contributed by atoms with Crippen molar-refractivity contribution in [2.75, 3.05) is 0 Å². The van der Waals surface area contributed by atoms with Gasteiger partial charge < -0.3 is 10.8 Å². The smallest absolute Gasteiger partial charge is 0.115 e.